The Hall–Kier alpha value is -2.23. The molecule has 0 saturated heterocycles. The summed E-state index contributed by atoms with van der Waals surface area (Å²) in [6.07, 6.45) is 1.08. The molecule has 1 atom stereocenters. The molecule has 3 rings (SSSR count). The molecule has 0 aliphatic carbocycles. The third kappa shape index (κ3) is 2.85. The molecule has 4 heteroatoms. The van der Waals surface area contributed by atoms with Gasteiger partial charge in [0, 0.05) is 30.4 Å². The second kappa shape index (κ2) is 6.11. The zero-order valence-corrected chi connectivity index (χ0v) is 14.3. The zero-order valence-electron chi connectivity index (χ0n) is 14.3. The van der Waals surface area contributed by atoms with Crippen LogP contribution in [0.2, 0.25) is 0 Å². The predicted molar refractivity (Wildman–Crippen MR) is 92.2 cm³/mol. The number of nitrogens with zero attached hydrogens (tertiary/aromatic N) is 1. The Labute approximate surface area is 137 Å². The van der Waals surface area contributed by atoms with E-state index in [-0.39, 0.29) is 11.9 Å². The summed E-state index contributed by atoms with van der Waals surface area (Å²) in [7, 11) is 0. The standard InChI is InChI=1S/C19H24N2O2/c1-12(21-10-9-16-7-5-6-8-17(16)21)11-20-19(22)18-13(2)14(3)23-15(18)4/h5-8,12H,9-11H2,1-4H3,(H,20,22). The van der Waals surface area contributed by atoms with Gasteiger partial charge in [-0.05, 0) is 45.7 Å². The quantitative estimate of drug-likeness (QED) is 0.941. The van der Waals surface area contributed by atoms with Crippen LogP contribution in [0.15, 0.2) is 28.7 Å². The van der Waals surface area contributed by atoms with E-state index < -0.39 is 0 Å². The average molecular weight is 312 g/mol. The van der Waals surface area contributed by atoms with Gasteiger partial charge in [0.15, 0.2) is 0 Å². The van der Waals surface area contributed by atoms with Crippen LogP contribution in [-0.4, -0.2) is 25.0 Å². The summed E-state index contributed by atoms with van der Waals surface area (Å²) in [5.41, 5.74) is 4.29. The Kier molecular flexibility index (Phi) is 4.16. The fourth-order valence-corrected chi connectivity index (χ4v) is 3.39. The van der Waals surface area contributed by atoms with Crippen LogP contribution >= 0.6 is 0 Å². The maximum Gasteiger partial charge on any atom is 0.255 e. The van der Waals surface area contributed by atoms with Gasteiger partial charge >= 0.3 is 0 Å². The number of hydrogen-bond acceptors (Lipinski definition) is 3. The number of carbonyl (C=O) groups is 1. The normalized spacial score (nSPS) is 14.7. The van der Waals surface area contributed by atoms with Gasteiger partial charge in [0.25, 0.3) is 5.91 Å². The Morgan fingerprint density at radius 2 is 2.00 bits per heavy atom. The molecule has 23 heavy (non-hydrogen) atoms. The molecule has 2 aromatic rings. The van der Waals surface area contributed by atoms with Crippen LogP contribution in [0.3, 0.4) is 0 Å². The van der Waals surface area contributed by atoms with Crippen molar-refractivity contribution in [2.45, 2.75) is 40.2 Å². The molecule has 2 heterocycles. The van der Waals surface area contributed by atoms with E-state index in [2.05, 4.69) is 41.4 Å². The molecule has 1 N–H and O–H groups in total. The summed E-state index contributed by atoms with van der Waals surface area (Å²) in [5.74, 6) is 1.46. The molecule has 1 amide bonds. The highest BCUT2D eigenvalue weighted by Gasteiger charge is 2.24. The van der Waals surface area contributed by atoms with Crippen molar-refractivity contribution >= 4 is 11.6 Å². The summed E-state index contributed by atoms with van der Waals surface area (Å²) in [6, 6.07) is 8.76. The molecule has 0 fully saturated rings. The van der Waals surface area contributed by atoms with Crippen LogP contribution in [0.1, 0.15) is 39.9 Å². The van der Waals surface area contributed by atoms with Gasteiger partial charge in [-0.3, -0.25) is 4.79 Å². The van der Waals surface area contributed by atoms with Crippen molar-refractivity contribution in [1.82, 2.24) is 5.32 Å². The van der Waals surface area contributed by atoms with Gasteiger partial charge in [-0.25, -0.2) is 0 Å². The van der Waals surface area contributed by atoms with Crippen LogP contribution in [0.5, 0.6) is 0 Å². The smallest absolute Gasteiger partial charge is 0.255 e. The summed E-state index contributed by atoms with van der Waals surface area (Å²) in [6.45, 7) is 9.46. The van der Waals surface area contributed by atoms with E-state index in [9.17, 15) is 4.79 Å². The highest BCUT2D eigenvalue weighted by molar-refractivity contribution is 5.96. The topological polar surface area (TPSA) is 45.5 Å². The lowest BCUT2D eigenvalue weighted by molar-refractivity contribution is 0.0949. The van der Waals surface area contributed by atoms with Crippen LogP contribution in [-0.2, 0) is 6.42 Å². The molecule has 0 bridgehead atoms. The number of fused-ring (bicyclic) bond motifs is 1. The van der Waals surface area contributed by atoms with E-state index in [1.54, 1.807) is 0 Å². The second-order valence-electron chi connectivity index (χ2n) is 6.35. The van der Waals surface area contributed by atoms with E-state index >= 15 is 0 Å². The number of nitrogens with one attached hydrogen (secondary N) is 1. The first-order valence-corrected chi connectivity index (χ1v) is 8.18. The van der Waals surface area contributed by atoms with Crippen molar-refractivity contribution in [2.75, 3.05) is 18.0 Å². The van der Waals surface area contributed by atoms with Crippen LogP contribution in [0, 0.1) is 20.8 Å². The summed E-state index contributed by atoms with van der Waals surface area (Å²) >= 11 is 0. The van der Waals surface area contributed by atoms with Crippen molar-refractivity contribution in [1.29, 1.82) is 0 Å². The van der Waals surface area contributed by atoms with Crippen molar-refractivity contribution in [3.8, 4) is 0 Å². The number of benzene rings is 1. The van der Waals surface area contributed by atoms with Crippen molar-refractivity contribution in [3.05, 3.63) is 52.5 Å². The fourth-order valence-electron chi connectivity index (χ4n) is 3.39. The minimum atomic E-state index is -0.0452. The first-order valence-electron chi connectivity index (χ1n) is 8.18. The highest BCUT2D eigenvalue weighted by Crippen LogP contribution is 2.29. The minimum absolute atomic E-state index is 0.0452. The average Bonchev–Trinajstić information content (AvgIpc) is 3.06. The second-order valence-corrected chi connectivity index (χ2v) is 6.35. The largest absolute Gasteiger partial charge is 0.466 e. The van der Waals surface area contributed by atoms with Gasteiger partial charge in [0.2, 0.25) is 0 Å². The SMILES string of the molecule is Cc1oc(C)c(C(=O)NCC(C)N2CCc3ccccc32)c1C. The zero-order chi connectivity index (χ0) is 16.6. The Balaban J connectivity index is 1.66. The summed E-state index contributed by atoms with van der Waals surface area (Å²) < 4.78 is 5.55. The molecule has 1 aliphatic rings. The van der Waals surface area contributed by atoms with Gasteiger partial charge in [0.1, 0.15) is 11.5 Å². The Morgan fingerprint density at radius 3 is 2.70 bits per heavy atom. The van der Waals surface area contributed by atoms with Crippen molar-refractivity contribution in [2.24, 2.45) is 0 Å². The number of para-hydroxylation sites is 1. The number of hydrogen-bond donors (Lipinski definition) is 1. The predicted octanol–water partition coefficient (Wildman–Crippen LogP) is 3.39. The molecule has 1 aromatic heterocycles. The number of aryl methyl sites for hydroxylation is 2. The number of furan rings is 1. The van der Waals surface area contributed by atoms with Crippen LogP contribution < -0.4 is 10.2 Å². The summed E-state index contributed by atoms with van der Waals surface area (Å²) in [4.78, 5) is 14.8. The number of amides is 1. The Bertz CT molecular complexity index is 733. The van der Waals surface area contributed by atoms with Crippen LogP contribution in [0.25, 0.3) is 0 Å². The molecular formula is C19H24N2O2. The van der Waals surface area contributed by atoms with Crippen molar-refractivity contribution in [3.63, 3.8) is 0 Å². The molecular weight excluding hydrogens is 288 g/mol. The molecule has 1 unspecified atom stereocenters. The lowest BCUT2D eigenvalue weighted by Crippen LogP contribution is -2.41. The van der Waals surface area contributed by atoms with E-state index in [1.807, 2.05) is 20.8 Å². The van der Waals surface area contributed by atoms with E-state index in [0.717, 1.165) is 24.3 Å². The number of anilines is 1. The molecule has 0 radical (unpaired) electrons. The number of rotatable bonds is 4. The van der Waals surface area contributed by atoms with Gasteiger partial charge in [-0.15, -0.1) is 0 Å². The van der Waals surface area contributed by atoms with Gasteiger partial charge < -0.3 is 14.6 Å². The Morgan fingerprint density at radius 1 is 1.26 bits per heavy atom. The molecule has 0 saturated carbocycles. The third-order valence-electron chi connectivity index (χ3n) is 4.80. The maximum atomic E-state index is 12.5. The molecule has 0 spiro atoms. The van der Waals surface area contributed by atoms with Gasteiger partial charge in [-0.1, -0.05) is 18.2 Å². The maximum absolute atomic E-state index is 12.5. The van der Waals surface area contributed by atoms with Crippen molar-refractivity contribution < 1.29 is 9.21 Å². The summed E-state index contributed by atoms with van der Waals surface area (Å²) in [5, 5.41) is 3.06. The molecule has 122 valence electrons. The first kappa shape index (κ1) is 15.7. The monoisotopic (exact) mass is 312 g/mol. The number of carbonyl (C=O) groups excluding carboxylic acids is 1. The fraction of sp³-hybridized carbons (Fsp3) is 0.421. The lowest BCUT2D eigenvalue weighted by atomic mass is 10.1. The first-order chi connectivity index (χ1) is 11.0. The molecule has 1 aliphatic heterocycles. The van der Waals surface area contributed by atoms with Crippen LogP contribution in [0.4, 0.5) is 5.69 Å². The van der Waals surface area contributed by atoms with E-state index in [1.165, 1.54) is 11.3 Å². The highest BCUT2D eigenvalue weighted by atomic mass is 16.3. The molecule has 1 aromatic carbocycles. The van der Waals surface area contributed by atoms with E-state index in [0.29, 0.717) is 17.9 Å². The van der Waals surface area contributed by atoms with Gasteiger partial charge in [0.05, 0.1) is 5.56 Å². The molecule has 4 nitrogen and oxygen atoms in total. The third-order valence-corrected chi connectivity index (χ3v) is 4.80. The lowest BCUT2D eigenvalue weighted by Gasteiger charge is -2.27. The minimum Gasteiger partial charge on any atom is -0.466 e. The van der Waals surface area contributed by atoms with Gasteiger partial charge in [-0.2, -0.15) is 0 Å². The van der Waals surface area contributed by atoms with E-state index in [4.69, 9.17) is 4.42 Å².